The van der Waals surface area contributed by atoms with Crippen LogP contribution in [0.4, 0.5) is 5.69 Å². The van der Waals surface area contributed by atoms with Crippen LogP contribution in [0, 0.1) is 0 Å². The van der Waals surface area contributed by atoms with Gasteiger partial charge in [-0.1, -0.05) is 37.1 Å². The summed E-state index contributed by atoms with van der Waals surface area (Å²) in [6.07, 6.45) is 7.59. The Bertz CT molecular complexity index is 773. The standard InChI is InChI=1S/C22H29N3O2/c1-2-6-17-9-11-18(12-10-17)24-13-15-25(16-14-24)22(26)21-19-7-4-3-5-8-20(19)27-23-21/h9-12H,2-8,13-16H2,1H3. The highest BCUT2D eigenvalue weighted by atomic mass is 16.5. The van der Waals surface area contributed by atoms with Gasteiger partial charge in [-0.2, -0.15) is 0 Å². The summed E-state index contributed by atoms with van der Waals surface area (Å²) in [4.78, 5) is 17.3. The van der Waals surface area contributed by atoms with E-state index in [0.717, 1.165) is 69.6 Å². The Labute approximate surface area is 161 Å². The molecule has 1 saturated heterocycles. The monoisotopic (exact) mass is 367 g/mol. The lowest BCUT2D eigenvalue weighted by atomic mass is 10.1. The van der Waals surface area contributed by atoms with E-state index in [2.05, 4.69) is 41.2 Å². The largest absolute Gasteiger partial charge is 0.368 e. The first-order valence-corrected chi connectivity index (χ1v) is 10.4. The van der Waals surface area contributed by atoms with Crippen molar-refractivity contribution in [3.63, 3.8) is 0 Å². The number of rotatable bonds is 4. The van der Waals surface area contributed by atoms with Crippen molar-refractivity contribution in [1.82, 2.24) is 10.1 Å². The van der Waals surface area contributed by atoms with E-state index in [4.69, 9.17) is 4.52 Å². The molecule has 2 heterocycles. The van der Waals surface area contributed by atoms with Gasteiger partial charge >= 0.3 is 0 Å². The van der Waals surface area contributed by atoms with Gasteiger partial charge in [-0.05, 0) is 43.4 Å². The molecule has 0 radical (unpaired) electrons. The van der Waals surface area contributed by atoms with E-state index in [1.807, 2.05) is 4.90 Å². The van der Waals surface area contributed by atoms with Crippen molar-refractivity contribution in [1.29, 1.82) is 0 Å². The van der Waals surface area contributed by atoms with Crippen molar-refractivity contribution in [3.8, 4) is 0 Å². The van der Waals surface area contributed by atoms with Crippen LogP contribution in [-0.2, 0) is 19.3 Å². The van der Waals surface area contributed by atoms with Crippen molar-refractivity contribution in [2.45, 2.75) is 51.9 Å². The van der Waals surface area contributed by atoms with E-state index < -0.39 is 0 Å². The zero-order valence-corrected chi connectivity index (χ0v) is 16.2. The molecule has 0 atom stereocenters. The predicted molar refractivity (Wildman–Crippen MR) is 106 cm³/mol. The first-order chi connectivity index (χ1) is 13.3. The Morgan fingerprint density at radius 3 is 2.52 bits per heavy atom. The first kappa shape index (κ1) is 18.1. The van der Waals surface area contributed by atoms with Gasteiger partial charge in [-0.25, -0.2) is 0 Å². The number of carbonyl (C=O) groups excluding carboxylic acids is 1. The smallest absolute Gasteiger partial charge is 0.276 e. The summed E-state index contributed by atoms with van der Waals surface area (Å²) < 4.78 is 5.49. The fraction of sp³-hybridized carbons (Fsp3) is 0.545. The molecular formula is C22H29N3O2. The highest BCUT2D eigenvalue weighted by molar-refractivity contribution is 5.94. The molecule has 1 amide bonds. The van der Waals surface area contributed by atoms with Gasteiger partial charge in [0.2, 0.25) is 0 Å². The average molecular weight is 367 g/mol. The number of anilines is 1. The minimum Gasteiger partial charge on any atom is -0.368 e. The van der Waals surface area contributed by atoms with Crippen LogP contribution in [0.2, 0.25) is 0 Å². The van der Waals surface area contributed by atoms with Crippen molar-refractivity contribution < 1.29 is 9.32 Å². The second kappa shape index (κ2) is 8.15. The molecular weight excluding hydrogens is 338 g/mol. The van der Waals surface area contributed by atoms with E-state index in [0.29, 0.717) is 5.69 Å². The third-order valence-electron chi connectivity index (χ3n) is 5.81. The quantitative estimate of drug-likeness (QED) is 0.770. The molecule has 27 heavy (non-hydrogen) atoms. The van der Waals surface area contributed by atoms with Crippen LogP contribution >= 0.6 is 0 Å². The molecule has 144 valence electrons. The van der Waals surface area contributed by atoms with Gasteiger partial charge in [0.05, 0.1) is 0 Å². The van der Waals surface area contributed by atoms with Crippen molar-refractivity contribution in [2.24, 2.45) is 0 Å². The van der Waals surface area contributed by atoms with Gasteiger partial charge in [0.25, 0.3) is 5.91 Å². The van der Waals surface area contributed by atoms with E-state index in [1.165, 1.54) is 24.1 Å². The summed E-state index contributed by atoms with van der Waals surface area (Å²) in [6, 6.07) is 8.86. The normalized spacial score (nSPS) is 17.5. The summed E-state index contributed by atoms with van der Waals surface area (Å²) in [5.41, 5.74) is 4.26. The van der Waals surface area contributed by atoms with Crippen LogP contribution in [0.1, 0.15) is 60.0 Å². The number of amides is 1. The first-order valence-electron chi connectivity index (χ1n) is 10.4. The lowest BCUT2D eigenvalue weighted by molar-refractivity contribution is 0.0735. The molecule has 0 saturated carbocycles. The topological polar surface area (TPSA) is 49.6 Å². The zero-order chi connectivity index (χ0) is 18.6. The molecule has 0 bridgehead atoms. The average Bonchev–Trinajstić information content (AvgIpc) is 2.96. The maximum atomic E-state index is 13.0. The van der Waals surface area contributed by atoms with E-state index in [1.54, 1.807) is 0 Å². The Kier molecular flexibility index (Phi) is 5.46. The summed E-state index contributed by atoms with van der Waals surface area (Å²) in [7, 11) is 0. The summed E-state index contributed by atoms with van der Waals surface area (Å²) in [6.45, 7) is 5.39. The maximum absolute atomic E-state index is 13.0. The number of fused-ring (bicyclic) bond motifs is 1. The van der Waals surface area contributed by atoms with Gasteiger partial charge in [-0.15, -0.1) is 0 Å². The van der Waals surface area contributed by atoms with Gasteiger partial charge in [0.1, 0.15) is 5.76 Å². The molecule has 4 rings (SSSR count). The Morgan fingerprint density at radius 1 is 1.04 bits per heavy atom. The number of carbonyl (C=O) groups is 1. The fourth-order valence-corrected chi connectivity index (χ4v) is 4.21. The Hall–Kier alpha value is -2.30. The number of benzene rings is 1. The number of aryl methyl sites for hydroxylation is 2. The minimum atomic E-state index is 0.0415. The third kappa shape index (κ3) is 3.87. The van der Waals surface area contributed by atoms with Crippen molar-refractivity contribution in [2.75, 3.05) is 31.1 Å². The second-order valence-corrected chi connectivity index (χ2v) is 7.69. The van der Waals surface area contributed by atoms with Crippen LogP contribution in [0.25, 0.3) is 0 Å². The van der Waals surface area contributed by atoms with E-state index >= 15 is 0 Å². The van der Waals surface area contributed by atoms with E-state index in [9.17, 15) is 4.79 Å². The lowest BCUT2D eigenvalue weighted by Gasteiger charge is -2.36. The van der Waals surface area contributed by atoms with Gasteiger partial charge in [0, 0.05) is 43.9 Å². The minimum absolute atomic E-state index is 0.0415. The highest BCUT2D eigenvalue weighted by Crippen LogP contribution is 2.25. The summed E-state index contributed by atoms with van der Waals surface area (Å²) in [5, 5.41) is 4.14. The van der Waals surface area contributed by atoms with E-state index in [-0.39, 0.29) is 5.91 Å². The Morgan fingerprint density at radius 2 is 1.78 bits per heavy atom. The molecule has 1 fully saturated rings. The van der Waals surface area contributed by atoms with Gasteiger partial charge < -0.3 is 14.3 Å². The van der Waals surface area contributed by atoms with Crippen LogP contribution in [0.3, 0.4) is 0 Å². The third-order valence-corrected chi connectivity index (χ3v) is 5.81. The van der Waals surface area contributed by atoms with Crippen molar-refractivity contribution >= 4 is 11.6 Å². The second-order valence-electron chi connectivity index (χ2n) is 7.69. The molecule has 1 aromatic carbocycles. The van der Waals surface area contributed by atoms with Crippen LogP contribution in [0.5, 0.6) is 0 Å². The van der Waals surface area contributed by atoms with Gasteiger partial charge in [-0.3, -0.25) is 4.79 Å². The molecule has 2 aliphatic rings. The molecule has 1 aliphatic heterocycles. The zero-order valence-electron chi connectivity index (χ0n) is 16.2. The molecule has 0 unspecified atom stereocenters. The molecule has 0 spiro atoms. The van der Waals surface area contributed by atoms with Crippen LogP contribution in [-0.4, -0.2) is 42.1 Å². The summed E-state index contributed by atoms with van der Waals surface area (Å²) in [5.74, 6) is 0.974. The number of hydrogen-bond donors (Lipinski definition) is 0. The van der Waals surface area contributed by atoms with Gasteiger partial charge in [0.15, 0.2) is 5.69 Å². The maximum Gasteiger partial charge on any atom is 0.276 e. The molecule has 5 heteroatoms. The molecule has 2 aromatic rings. The fourth-order valence-electron chi connectivity index (χ4n) is 4.21. The molecule has 0 N–H and O–H groups in total. The predicted octanol–water partition coefficient (Wildman–Crippen LogP) is 3.86. The van der Waals surface area contributed by atoms with Crippen LogP contribution < -0.4 is 4.90 Å². The van der Waals surface area contributed by atoms with Crippen molar-refractivity contribution in [3.05, 3.63) is 46.8 Å². The SMILES string of the molecule is CCCc1ccc(N2CCN(C(=O)c3noc4c3CCCCC4)CC2)cc1. The lowest BCUT2D eigenvalue weighted by Crippen LogP contribution is -2.49. The number of hydrogen-bond acceptors (Lipinski definition) is 4. The summed E-state index contributed by atoms with van der Waals surface area (Å²) >= 11 is 0. The number of piperazine rings is 1. The molecule has 5 nitrogen and oxygen atoms in total. The highest BCUT2D eigenvalue weighted by Gasteiger charge is 2.29. The molecule has 1 aliphatic carbocycles. The van der Waals surface area contributed by atoms with Crippen LogP contribution in [0.15, 0.2) is 28.8 Å². The Balaban J connectivity index is 1.39. The number of aromatic nitrogens is 1. The number of nitrogens with zero attached hydrogens (tertiary/aromatic N) is 3. The molecule has 1 aromatic heterocycles.